The number of carbonyl (C=O) groups is 1. The van der Waals surface area contributed by atoms with Crippen LogP contribution in [0.1, 0.15) is 16.9 Å². The molecule has 2 aliphatic heterocycles. The number of nitrogens with zero attached hydrogens (tertiary/aromatic N) is 2. The lowest BCUT2D eigenvalue weighted by Crippen LogP contribution is -2.47. The molecule has 7 nitrogen and oxygen atoms in total. The number of hydrogen-bond donors (Lipinski definition) is 1. The molecule has 4 rings (SSSR count). The Labute approximate surface area is 156 Å². The molecule has 130 valence electrons. The van der Waals surface area contributed by atoms with Crippen LogP contribution in [0.4, 0.5) is 5.69 Å². The van der Waals surface area contributed by atoms with Gasteiger partial charge in [-0.1, -0.05) is 15.9 Å². The molecule has 0 fully saturated rings. The fourth-order valence-electron chi connectivity index (χ4n) is 3.68. The van der Waals surface area contributed by atoms with Gasteiger partial charge in [0.1, 0.15) is 28.7 Å². The van der Waals surface area contributed by atoms with Crippen LogP contribution in [0, 0.1) is 18.3 Å². The zero-order chi connectivity index (χ0) is 18.8. The number of likely N-dealkylation sites (N-methyl/N-ethyl adjacent to an activating group) is 1. The fourth-order valence-corrected chi connectivity index (χ4v) is 4.04. The third kappa shape index (κ3) is 1.81. The van der Waals surface area contributed by atoms with Gasteiger partial charge < -0.3 is 19.8 Å². The molecule has 0 saturated carbocycles. The van der Waals surface area contributed by atoms with E-state index in [0.717, 1.165) is 0 Å². The predicted octanol–water partition coefficient (Wildman–Crippen LogP) is 2.06. The third-order valence-corrected chi connectivity index (χ3v) is 5.21. The number of carbonyl (C=O) groups excluding carboxylic acids is 1. The minimum Gasteiger partial charge on any atom is -0.440 e. The molecule has 8 heteroatoms. The summed E-state index contributed by atoms with van der Waals surface area (Å²) in [5, 5.41) is 9.77. The van der Waals surface area contributed by atoms with Crippen molar-refractivity contribution in [3.05, 3.63) is 67.5 Å². The Kier molecular flexibility index (Phi) is 3.30. The second-order valence-corrected chi connectivity index (χ2v) is 7.03. The molecule has 1 aromatic heterocycles. The first kappa shape index (κ1) is 16.4. The largest absolute Gasteiger partial charge is 0.440 e. The molecule has 1 amide bonds. The van der Waals surface area contributed by atoms with Gasteiger partial charge in [-0.15, -0.1) is 0 Å². The van der Waals surface area contributed by atoms with Crippen LogP contribution in [0.25, 0.3) is 0 Å². The Bertz CT molecular complexity index is 1130. The van der Waals surface area contributed by atoms with Crippen molar-refractivity contribution in [3.63, 3.8) is 0 Å². The summed E-state index contributed by atoms with van der Waals surface area (Å²) in [5.74, 6) is -0.249. The first-order chi connectivity index (χ1) is 12.3. The van der Waals surface area contributed by atoms with Gasteiger partial charge in [-0.3, -0.25) is 4.79 Å². The van der Waals surface area contributed by atoms with Crippen LogP contribution in [0.3, 0.4) is 0 Å². The van der Waals surface area contributed by atoms with Crippen molar-refractivity contribution in [1.29, 1.82) is 5.26 Å². The van der Waals surface area contributed by atoms with Crippen LogP contribution in [0.2, 0.25) is 0 Å². The van der Waals surface area contributed by atoms with E-state index in [-0.39, 0.29) is 22.8 Å². The van der Waals surface area contributed by atoms with Crippen molar-refractivity contribution in [2.75, 3.05) is 11.9 Å². The molecular formula is C18H12BrN3O4. The number of nitriles is 1. The average molecular weight is 414 g/mol. The summed E-state index contributed by atoms with van der Waals surface area (Å²) in [4.78, 5) is 27.6. The predicted molar refractivity (Wildman–Crippen MR) is 95.5 cm³/mol. The van der Waals surface area contributed by atoms with Gasteiger partial charge in [0, 0.05) is 28.8 Å². The summed E-state index contributed by atoms with van der Waals surface area (Å²) in [7, 11) is 1.58. The van der Waals surface area contributed by atoms with Crippen LogP contribution in [0.5, 0.6) is 5.75 Å². The summed E-state index contributed by atoms with van der Waals surface area (Å²) in [5.41, 5.74) is 4.42. The van der Waals surface area contributed by atoms with Crippen molar-refractivity contribution >= 4 is 27.5 Å². The number of aryl methyl sites for hydroxylation is 1. The number of amides is 1. The van der Waals surface area contributed by atoms with E-state index in [1.807, 2.05) is 6.07 Å². The molecule has 2 N–H and O–H groups in total. The Morgan fingerprint density at radius 3 is 2.73 bits per heavy atom. The lowest BCUT2D eigenvalue weighted by molar-refractivity contribution is -0.120. The van der Waals surface area contributed by atoms with Crippen molar-refractivity contribution < 1.29 is 13.9 Å². The lowest BCUT2D eigenvalue weighted by atomic mass is 9.69. The number of halogens is 1. The molecule has 3 heterocycles. The standard InChI is InChI=1S/C18H12BrN3O4/c1-8-5-13-14(16(23)25-8)18(11(7-20)15(21)26-13)10-6-9(19)3-4-12(10)22(2)17(18)24/h3-6H,21H2,1-2H3. The van der Waals surface area contributed by atoms with E-state index in [9.17, 15) is 14.9 Å². The normalized spacial score (nSPS) is 20.7. The van der Waals surface area contributed by atoms with Gasteiger partial charge in [0.15, 0.2) is 5.41 Å². The smallest absolute Gasteiger partial charge is 0.344 e. The van der Waals surface area contributed by atoms with E-state index in [2.05, 4.69) is 15.9 Å². The van der Waals surface area contributed by atoms with Gasteiger partial charge in [-0.2, -0.15) is 5.26 Å². The minimum absolute atomic E-state index is 0.0393. The number of anilines is 1. The molecule has 0 aliphatic carbocycles. The molecule has 2 aliphatic rings. The van der Waals surface area contributed by atoms with Crippen molar-refractivity contribution in [2.24, 2.45) is 5.73 Å². The number of rotatable bonds is 0. The molecule has 0 saturated heterocycles. The van der Waals surface area contributed by atoms with Gasteiger partial charge in [-0.25, -0.2) is 4.79 Å². The number of benzene rings is 1. The van der Waals surface area contributed by atoms with E-state index < -0.39 is 16.9 Å². The zero-order valence-corrected chi connectivity index (χ0v) is 15.4. The highest BCUT2D eigenvalue weighted by molar-refractivity contribution is 9.10. The van der Waals surface area contributed by atoms with E-state index in [4.69, 9.17) is 14.9 Å². The first-order valence-electron chi connectivity index (χ1n) is 7.64. The van der Waals surface area contributed by atoms with Gasteiger partial charge in [-0.05, 0) is 25.1 Å². The van der Waals surface area contributed by atoms with Crippen molar-refractivity contribution in [3.8, 4) is 11.8 Å². The molecule has 1 spiro atoms. The number of hydrogen-bond acceptors (Lipinski definition) is 6. The minimum atomic E-state index is -1.70. The maximum atomic E-state index is 13.4. The highest BCUT2D eigenvalue weighted by atomic mass is 79.9. The third-order valence-electron chi connectivity index (χ3n) is 4.72. The van der Waals surface area contributed by atoms with E-state index in [0.29, 0.717) is 21.5 Å². The zero-order valence-electron chi connectivity index (χ0n) is 13.8. The molecule has 2 aromatic rings. The van der Waals surface area contributed by atoms with E-state index >= 15 is 0 Å². The Morgan fingerprint density at radius 2 is 2.04 bits per heavy atom. The van der Waals surface area contributed by atoms with Gasteiger partial charge in [0.25, 0.3) is 0 Å². The average Bonchev–Trinajstić information content (AvgIpc) is 2.77. The topological polar surface area (TPSA) is 110 Å². The van der Waals surface area contributed by atoms with Gasteiger partial charge >= 0.3 is 5.63 Å². The van der Waals surface area contributed by atoms with Crippen molar-refractivity contribution in [1.82, 2.24) is 0 Å². The van der Waals surface area contributed by atoms with Gasteiger partial charge in [0.05, 0.1) is 0 Å². The first-order valence-corrected chi connectivity index (χ1v) is 8.43. The number of nitrogens with two attached hydrogens (primary N) is 1. The summed E-state index contributed by atoms with van der Waals surface area (Å²) < 4.78 is 11.4. The maximum Gasteiger partial charge on any atom is 0.344 e. The van der Waals surface area contributed by atoms with E-state index in [1.165, 1.54) is 11.0 Å². The van der Waals surface area contributed by atoms with Crippen LogP contribution in [-0.4, -0.2) is 13.0 Å². The molecule has 1 atom stereocenters. The Morgan fingerprint density at radius 1 is 1.31 bits per heavy atom. The quantitative estimate of drug-likeness (QED) is 0.707. The van der Waals surface area contributed by atoms with Gasteiger partial charge in [0.2, 0.25) is 11.8 Å². The molecule has 26 heavy (non-hydrogen) atoms. The van der Waals surface area contributed by atoms with E-state index in [1.54, 1.807) is 32.2 Å². The highest BCUT2D eigenvalue weighted by Crippen LogP contribution is 2.54. The summed E-state index contributed by atoms with van der Waals surface area (Å²) in [6, 6.07) is 8.67. The molecule has 1 aromatic carbocycles. The summed E-state index contributed by atoms with van der Waals surface area (Å²) >= 11 is 3.39. The van der Waals surface area contributed by atoms with Crippen LogP contribution >= 0.6 is 15.9 Å². The Balaban J connectivity index is 2.24. The van der Waals surface area contributed by atoms with Crippen LogP contribution < -0.4 is 21.0 Å². The molecule has 0 radical (unpaired) electrons. The van der Waals surface area contributed by atoms with Crippen molar-refractivity contribution in [2.45, 2.75) is 12.3 Å². The second-order valence-electron chi connectivity index (χ2n) is 6.11. The summed E-state index contributed by atoms with van der Waals surface area (Å²) in [6.07, 6.45) is 0. The SMILES string of the molecule is Cc1cc2c(c(=O)o1)C1(C(=O)N(C)c3ccc(Br)cc31)C(C#N)=C(N)O2. The molecule has 0 bridgehead atoms. The number of fused-ring (bicyclic) bond motifs is 4. The lowest BCUT2D eigenvalue weighted by Gasteiger charge is -2.32. The molecule has 1 unspecified atom stereocenters. The number of ether oxygens (including phenoxy) is 1. The summed E-state index contributed by atoms with van der Waals surface area (Å²) in [6.45, 7) is 1.59. The second kappa shape index (κ2) is 5.22. The molecular weight excluding hydrogens is 402 g/mol. The maximum absolute atomic E-state index is 13.4. The van der Waals surface area contributed by atoms with Crippen LogP contribution in [0.15, 0.2) is 49.4 Å². The monoisotopic (exact) mass is 413 g/mol. The highest BCUT2D eigenvalue weighted by Gasteiger charge is 2.60. The Hall–Kier alpha value is -3.05. The van der Waals surface area contributed by atoms with Crippen LogP contribution in [-0.2, 0) is 10.2 Å². The fraction of sp³-hybridized carbons (Fsp3) is 0.167.